The molecule has 1 amide bonds. The minimum atomic E-state index is -2.10. The Morgan fingerprint density at radius 1 is 0.771 bits per heavy atom. The maximum absolute atomic E-state index is 13.1. The van der Waals surface area contributed by atoms with Crippen molar-refractivity contribution in [2.24, 2.45) is 0 Å². The summed E-state index contributed by atoms with van der Waals surface area (Å²) in [6, 6.07) is 19.4. The molecule has 0 aliphatic heterocycles. The van der Waals surface area contributed by atoms with Crippen LogP contribution in [-0.2, 0) is 19.1 Å². The van der Waals surface area contributed by atoms with Crippen LogP contribution < -0.4 is 5.32 Å². The van der Waals surface area contributed by atoms with Crippen LogP contribution in [0, 0.1) is 17.4 Å². The molecule has 180 valence electrons. The molecule has 9 heteroatoms. The number of hydrogen-bond acceptors (Lipinski definition) is 6. The van der Waals surface area contributed by atoms with E-state index in [1.165, 1.54) is 24.3 Å². The molecule has 0 unspecified atom stereocenters. The fourth-order valence-electron chi connectivity index (χ4n) is 3.15. The smallest absolute Gasteiger partial charge is 0.349 e. The predicted molar refractivity (Wildman–Crippen MR) is 136 cm³/mol. The number of aryl methyl sites for hydroxylation is 2. The zero-order chi connectivity index (χ0) is 25.5. The Morgan fingerprint density at radius 3 is 1.71 bits per heavy atom. The number of halogens is 1. The number of amides is 1. The molecule has 3 aromatic carbocycles. The van der Waals surface area contributed by atoms with E-state index in [0.717, 1.165) is 14.7 Å². The number of carboxylic acid groups (broad SMARTS) is 1. The van der Waals surface area contributed by atoms with Crippen LogP contribution >= 0.6 is 22.6 Å². The van der Waals surface area contributed by atoms with Crippen molar-refractivity contribution in [1.82, 2.24) is 0 Å². The third-order valence-electron chi connectivity index (χ3n) is 4.86. The molecular weight excluding hydrogens is 565 g/mol. The normalized spacial score (nSPS) is 12.2. The van der Waals surface area contributed by atoms with Crippen molar-refractivity contribution >= 4 is 52.1 Å². The van der Waals surface area contributed by atoms with E-state index in [0.29, 0.717) is 5.69 Å². The van der Waals surface area contributed by atoms with Gasteiger partial charge >= 0.3 is 17.9 Å². The van der Waals surface area contributed by atoms with Gasteiger partial charge in [-0.1, -0.05) is 35.4 Å². The van der Waals surface area contributed by atoms with Gasteiger partial charge < -0.3 is 19.9 Å². The van der Waals surface area contributed by atoms with Crippen LogP contribution in [0.5, 0.6) is 0 Å². The van der Waals surface area contributed by atoms with Crippen molar-refractivity contribution in [3.05, 3.63) is 98.6 Å². The number of rotatable bonds is 8. The molecule has 0 aliphatic rings. The lowest BCUT2D eigenvalue weighted by molar-refractivity contribution is -0.157. The zero-order valence-electron chi connectivity index (χ0n) is 18.9. The quantitative estimate of drug-likeness (QED) is 0.297. The Kier molecular flexibility index (Phi) is 8.58. The largest absolute Gasteiger partial charge is 0.478 e. The van der Waals surface area contributed by atoms with Crippen LogP contribution in [0.1, 0.15) is 31.8 Å². The van der Waals surface area contributed by atoms with E-state index in [1.54, 1.807) is 62.4 Å². The molecule has 0 saturated heterocycles. The Bertz CT molecular complexity index is 1260. The van der Waals surface area contributed by atoms with Gasteiger partial charge in [0.15, 0.2) is 0 Å². The second kappa shape index (κ2) is 11.6. The second-order valence-corrected chi connectivity index (χ2v) is 8.97. The number of esters is 2. The number of anilines is 1. The molecule has 0 heterocycles. The van der Waals surface area contributed by atoms with Gasteiger partial charge in [0.1, 0.15) is 0 Å². The number of carbonyl (C=O) groups excluding carboxylic acids is 3. The number of carbonyl (C=O) groups is 4. The van der Waals surface area contributed by atoms with Crippen molar-refractivity contribution in [3.63, 3.8) is 0 Å². The fourth-order valence-corrected chi connectivity index (χ4v) is 3.51. The van der Waals surface area contributed by atoms with Crippen molar-refractivity contribution in [2.75, 3.05) is 5.32 Å². The lowest BCUT2D eigenvalue weighted by atomic mass is 10.1. The van der Waals surface area contributed by atoms with E-state index in [4.69, 9.17) is 9.47 Å². The standard InChI is InChI=1S/C26H22INO7/c1-15-5-3-7-17(13-15)25(32)34-21(23(29)28-20-11-9-19(27)10-12-20)22(24(30)31)35-26(33)18-8-4-6-16(2)14-18/h3-14,21-22H,1-2H3,(H,28,29)(H,30,31)/t21-,22-/m0/s1. The van der Waals surface area contributed by atoms with Crippen molar-refractivity contribution in [2.45, 2.75) is 26.1 Å². The van der Waals surface area contributed by atoms with Gasteiger partial charge in [-0.05, 0) is 85.0 Å². The molecule has 0 saturated carbocycles. The van der Waals surface area contributed by atoms with Crippen molar-refractivity contribution < 1.29 is 33.8 Å². The van der Waals surface area contributed by atoms with E-state index < -0.39 is 36.0 Å². The molecule has 0 radical (unpaired) electrons. The third-order valence-corrected chi connectivity index (χ3v) is 5.58. The van der Waals surface area contributed by atoms with Gasteiger partial charge in [0.05, 0.1) is 11.1 Å². The minimum Gasteiger partial charge on any atom is -0.478 e. The maximum atomic E-state index is 13.1. The topological polar surface area (TPSA) is 119 Å². The van der Waals surface area contributed by atoms with Crippen LogP contribution in [0.3, 0.4) is 0 Å². The zero-order valence-corrected chi connectivity index (χ0v) is 21.0. The van der Waals surface area contributed by atoms with Gasteiger partial charge in [0.25, 0.3) is 5.91 Å². The van der Waals surface area contributed by atoms with Gasteiger partial charge in [-0.15, -0.1) is 0 Å². The Labute approximate surface area is 215 Å². The number of hydrogen-bond donors (Lipinski definition) is 2. The molecule has 0 bridgehead atoms. The average molecular weight is 587 g/mol. The molecule has 0 aliphatic carbocycles. The number of benzene rings is 3. The third kappa shape index (κ3) is 7.12. The van der Waals surface area contributed by atoms with Crippen molar-refractivity contribution in [3.8, 4) is 0 Å². The van der Waals surface area contributed by atoms with Crippen LogP contribution in [0.25, 0.3) is 0 Å². The number of aliphatic carboxylic acids is 1. The highest BCUT2D eigenvalue weighted by atomic mass is 127. The number of carboxylic acids is 1. The lowest BCUT2D eigenvalue weighted by Gasteiger charge is -2.23. The van der Waals surface area contributed by atoms with Crippen LogP contribution in [0.4, 0.5) is 5.69 Å². The van der Waals surface area contributed by atoms with E-state index in [-0.39, 0.29) is 11.1 Å². The fraction of sp³-hybridized carbons (Fsp3) is 0.154. The summed E-state index contributed by atoms with van der Waals surface area (Å²) in [6.45, 7) is 3.52. The van der Waals surface area contributed by atoms with Crippen LogP contribution in [-0.4, -0.2) is 41.1 Å². The summed E-state index contributed by atoms with van der Waals surface area (Å²) >= 11 is 2.09. The highest BCUT2D eigenvalue weighted by molar-refractivity contribution is 14.1. The van der Waals surface area contributed by atoms with Gasteiger partial charge in [0.2, 0.25) is 12.2 Å². The first-order valence-electron chi connectivity index (χ1n) is 10.5. The Balaban J connectivity index is 1.91. The molecule has 3 rings (SSSR count). The summed E-state index contributed by atoms with van der Waals surface area (Å²) in [4.78, 5) is 50.7. The van der Waals surface area contributed by atoms with Gasteiger partial charge in [-0.2, -0.15) is 0 Å². The van der Waals surface area contributed by atoms with Gasteiger partial charge in [-0.25, -0.2) is 14.4 Å². The van der Waals surface area contributed by atoms with Crippen LogP contribution in [0.15, 0.2) is 72.8 Å². The summed E-state index contributed by atoms with van der Waals surface area (Å²) < 4.78 is 11.4. The van der Waals surface area contributed by atoms with E-state index in [2.05, 4.69) is 27.9 Å². The molecule has 2 atom stereocenters. The predicted octanol–water partition coefficient (Wildman–Crippen LogP) is 4.38. The second-order valence-electron chi connectivity index (χ2n) is 7.73. The van der Waals surface area contributed by atoms with Gasteiger partial charge in [0, 0.05) is 9.26 Å². The Morgan fingerprint density at radius 2 is 1.26 bits per heavy atom. The van der Waals surface area contributed by atoms with Crippen molar-refractivity contribution in [1.29, 1.82) is 0 Å². The molecule has 2 N–H and O–H groups in total. The number of ether oxygens (including phenoxy) is 2. The molecule has 35 heavy (non-hydrogen) atoms. The maximum Gasteiger partial charge on any atom is 0.349 e. The van der Waals surface area contributed by atoms with Crippen LogP contribution in [0.2, 0.25) is 0 Å². The first-order chi connectivity index (χ1) is 16.6. The first kappa shape index (κ1) is 25.9. The molecule has 0 aromatic heterocycles. The highest BCUT2D eigenvalue weighted by Gasteiger charge is 2.41. The first-order valence-corrected chi connectivity index (χ1v) is 11.6. The molecule has 3 aromatic rings. The van der Waals surface area contributed by atoms with E-state index >= 15 is 0 Å². The average Bonchev–Trinajstić information content (AvgIpc) is 2.82. The molecular formula is C26H22INO7. The molecule has 0 spiro atoms. The summed E-state index contributed by atoms with van der Waals surface area (Å²) in [5.74, 6) is -4.52. The van der Waals surface area contributed by atoms with E-state index in [1.807, 2.05) is 0 Å². The molecule has 8 nitrogen and oxygen atoms in total. The highest BCUT2D eigenvalue weighted by Crippen LogP contribution is 2.18. The molecule has 0 fully saturated rings. The number of nitrogens with one attached hydrogen (secondary N) is 1. The minimum absolute atomic E-state index is 0.0954. The summed E-state index contributed by atoms with van der Waals surface area (Å²) in [7, 11) is 0. The van der Waals surface area contributed by atoms with E-state index in [9.17, 15) is 24.3 Å². The SMILES string of the molecule is Cc1cccc(C(=O)O[C@H](C(=O)O)[C@H](OC(=O)c2cccc(C)c2)C(=O)Nc2ccc(I)cc2)c1. The van der Waals surface area contributed by atoms with Gasteiger partial charge in [-0.3, -0.25) is 4.79 Å². The summed E-state index contributed by atoms with van der Waals surface area (Å²) in [5, 5.41) is 12.3. The monoisotopic (exact) mass is 587 g/mol. The Hall–Kier alpha value is -3.73. The lowest BCUT2D eigenvalue weighted by Crippen LogP contribution is -2.48. The summed E-state index contributed by atoms with van der Waals surface area (Å²) in [5.41, 5.74) is 2.08. The summed E-state index contributed by atoms with van der Waals surface area (Å²) in [6.07, 6.45) is -4.06.